The van der Waals surface area contributed by atoms with E-state index in [4.69, 9.17) is 4.74 Å². The largest absolute Gasteiger partial charge is 0.494 e. The summed E-state index contributed by atoms with van der Waals surface area (Å²) >= 11 is 3.41. The molecule has 1 unspecified atom stereocenters. The van der Waals surface area contributed by atoms with Crippen LogP contribution in [0.2, 0.25) is 0 Å². The quantitative estimate of drug-likeness (QED) is 0.870. The summed E-state index contributed by atoms with van der Waals surface area (Å²) in [5.41, 5.74) is 2.09. The number of halogens is 2. The molecule has 0 saturated heterocycles. The lowest BCUT2D eigenvalue weighted by atomic mass is 10.1. The zero-order valence-electron chi connectivity index (χ0n) is 11.5. The van der Waals surface area contributed by atoms with Gasteiger partial charge in [-0.15, -0.1) is 0 Å². The summed E-state index contributed by atoms with van der Waals surface area (Å²) in [7, 11) is 1.47. The molecule has 2 aromatic carbocycles. The number of hydrogen-bond donors (Lipinski definition) is 1. The molecule has 0 spiro atoms. The van der Waals surface area contributed by atoms with E-state index in [0.29, 0.717) is 0 Å². The maximum Gasteiger partial charge on any atom is 0.165 e. The molecule has 0 saturated carbocycles. The van der Waals surface area contributed by atoms with Crippen molar-refractivity contribution in [2.75, 3.05) is 7.11 Å². The van der Waals surface area contributed by atoms with Crippen LogP contribution in [0.5, 0.6) is 5.75 Å². The first kappa shape index (κ1) is 15.0. The summed E-state index contributed by atoms with van der Waals surface area (Å²) in [6.07, 6.45) is 0. The van der Waals surface area contributed by atoms with Crippen LogP contribution in [0.25, 0.3) is 0 Å². The molecule has 0 aliphatic rings. The lowest BCUT2D eigenvalue weighted by Gasteiger charge is -2.15. The van der Waals surface area contributed by atoms with E-state index in [-0.39, 0.29) is 17.6 Å². The van der Waals surface area contributed by atoms with Crippen molar-refractivity contribution >= 4 is 15.9 Å². The van der Waals surface area contributed by atoms with Crippen molar-refractivity contribution in [2.24, 2.45) is 0 Å². The standard InChI is InChI=1S/C16H17BrFNO/c1-11(13-5-8-16(20-2)15(18)9-13)19-10-12-3-6-14(17)7-4-12/h3-9,11,19H,10H2,1-2H3. The molecule has 0 heterocycles. The fourth-order valence-electron chi connectivity index (χ4n) is 1.94. The first-order chi connectivity index (χ1) is 9.60. The molecule has 0 bridgehead atoms. The van der Waals surface area contributed by atoms with Gasteiger partial charge in [0.2, 0.25) is 0 Å². The van der Waals surface area contributed by atoms with Crippen molar-refractivity contribution in [3.8, 4) is 5.75 Å². The molecule has 0 fully saturated rings. The summed E-state index contributed by atoms with van der Waals surface area (Å²) in [6, 6.07) is 13.2. The van der Waals surface area contributed by atoms with Crippen LogP contribution in [0.15, 0.2) is 46.9 Å². The van der Waals surface area contributed by atoms with Gasteiger partial charge in [-0.25, -0.2) is 4.39 Å². The van der Waals surface area contributed by atoms with Gasteiger partial charge in [0.15, 0.2) is 11.6 Å². The molecule has 0 radical (unpaired) electrons. The smallest absolute Gasteiger partial charge is 0.165 e. The Bertz CT molecular complexity index is 571. The normalized spacial score (nSPS) is 12.2. The molecule has 0 aromatic heterocycles. The highest BCUT2D eigenvalue weighted by Crippen LogP contribution is 2.22. The Hall–Kier alpha value is -1.39. The number of nitrogens with one attached hydrogen (secondary N) is 1. The third-order valence-electron chi connectivity index (χ3n) is 3.20. The second-order valence-corrected chi connectivity index (χ2v) is 5.54. The van der Waals surface area contributed by atoms with E-state index >= 15 is 0 Å². The molecular weight excluding hydrogens is 321 g/mol. The molecule has 1 atom stereocenters. The second-order valence-electron chi connectivity index (χ2n) is 4.62. The van der Waals surface area contributed by atoms with Gasteiger partial charge in [0.25, 0.3) is 0 Å². The average Bonchev–Trinajstić information content (AvgIpc) is 2.46. The van der Waals surface area contributed by atoms with Crippen LogP contribution in [0.3, 0.4) is 0 Å². The molecule has 4 heteroatoms. The van der Waals surface area contributed by atoms with Crippen LogP contribution >= 0.6 is 15.9 Å². The molecule has 2 aromatic rings. The molecule has 2 nitrogen and oxygen atoms in total. The predicted octanol–water partition coefficient (Wildman–Crippen LogP) is 4.45. The van der Waals surface area contributed by atoms with E-state index in [9.17, 15) is 4.39 Å². The van der Waals surface area contributed by atoms with Crippen LogP contribution in [-0.4, -0.2) is 7.11 Å². The summed E-state index contributed by atoms with van der Waals surface area (Å²) in [6.45, 7) is 2.75. The molecule has 2 rings (SSSR count). The van der Waals surface area contributed by atoms with Gasteiger partial charge in [0.05, 0.1) is 7.11 Å². The number of ether oxygens (including phenoxy) is 1. The highest BCUT2D eigenvalue weighted by molar-refractivity contribution is 9.10. The van der Waals surface area contributed by atoms with Gasteiger partial charge in [-0.05, 0) is 42.3 Å². The highest BCUT2D eigenvalue weighted by Gasteiger charge is 2.09. The fraction of sp³-hybridized carbons (Fsp3) is 0.250. The minimum Gasteiger partial charge on any atom is -0.494 e. The van der Waals surface area contributed by atoms with Gasteiger partial charge >= 0.3 is 0 Å². The number of hydrogen-bond acceptors (Lipinski definition) is 2. The zero-order chi connectivity index (χ0) is 14.5. The Morgan fingerprint density at radius 3 is 2.50 bits per heavy atom. The number of methoxy groups -OCH3 is 1. The average molecular weight is 338 g/mol. The number of rotatable bonds is 5. The van der Waals surface area contributed by atoms with Gasteiger partial charge in [0.1, 0.15) is 0 Å². The lowest BCUT2D eigenvalue weighted by molar-refractivity contribution is 0.385. The van der Waals surface area contributed by atoms with E-state index in [2.05, 4.69) is 33.4 Å². The Kier molecular flexibility index (Phi) is 5.15. The van der Waals surface area contributed by atoms with E-state index in [1.54, 1.807) is 6.07 Å². The summed E-state index contributed by atoms with van der Waals surface area (Å²) < 4.78 is 19.6. The van der Waals surface area contributed by atoms with E-state index in [1.165, 1.54) is 18.7 Å². The molecule has 0 aliphatic heterocycles. The Morgan fingerprint density at radius 1 is 1.20 bits per heavy atom. The van der Waals surface area contributed by atoms with E-state index in [0.717, 1.165) is 16.6 Å². The molecule has 0 amide bonds. The topological polar surface area (TPSA) is 21.3 Å². The van der Waals surface area contributed by atoms with Crippen LogP contribution in [0, 0.1) is 5.82 Å². The molecular formula is C16H17BrFNO. The van der Waals surface area contributed by atoms with Crippen LogP contribution in [0.4, 0.5) is 4.39 Å². The van der Waals surface area contributed by atoms with Gasteiger partial charge in [-0.2, -0.15) is 0 Å². The third kappa shape index (κ3) is 3.81. The monoisotopic (exact) mass is 337 g/mol. The Labute approximate surface area is 127 Å². The molecule has 1 N–H and O–H groups in total. The second kappa shape index (κ2) is 6.86. The molecule has 0 aliphatic carbocycles. The van der Waals surface area contributed by atoms with Gasteiger partial charge in [-0.1, -0.05) is 34.1 Å². The Morgan fingerprint density at radius 2 is 1.90 bits per heavy atom. The summed E-state index contributed by atoms with van der Waals surface area (Å²) in [5.74, 6) is -0.0591. The van der Waals surface area contributed by atoms with Crippen LogP contribution in [-0.2, 0) is 6.54 Å². The Balaban J connectivity index is 1.99. The van der Waals surface area contributed by atoms with Gasteiger partial charge < -0.3 is 10.1 Å². The van der Waals surface area contributed by atoms with Crippen LogP contribution < -0.4 is 10.1 Å². The number of benzene rings is 2. The third-order valence-corrected chi connectivity index (χ3v) is 3.73. The minimum absolute atomic E-state index is 0.0686. The molecule has 20 heavy (non-hydrogen) atoms. The first-order valence-corrected chi connectivity index (χ1v) is 7.20. The fourth-order valence-corrected chi connectivity index (χ4v) is 2.21. The van der Waals surface area contributed by atoms with Crippen molar-refractivity contribution in [1.82, 2.24) is 5.32 Å². The highest BCUT2D eigenvalue weighted by atomic mass is 79.9. The summed E-state index contributed by atoms with van der Waals surface area (Å²) in [5, 5.41) is 3.38. The SMILES string of the molecule is COc1ccc(C(C)NCc2ccc(Br)cc2)cc1F. The van der Waals surface area contributed by atoms with Gasteiger partial charge in [0, 0.05) is 17.1 Å². The minimum atomic E-state index is -0.331. The van der Waals surface area contributed by atoms with Gasteiger partial charge in [-0.3, -0.25) is 0 Å². The zero-order valence-corrected chi connectivity index (χ0v) is 13.1. The van der Waals surface area contributed by atoms with Crippen molar-refractivity contribution in [3.05, 3.63) is 63.9 Å². The van der Waals surface area contributed by atoms with Crippen molar-refractivity contribution in [1.29, 1.82) is 0 Å². The summed E-state index contributed by atoms with van der Waals surface area (Å²) in [4.78, 5) is 0. The maximum atomic E-state index is 13.7. The van der Waals surface area contributed by atoms with E-state index < -0.39 is 0 Å². The van der Waals surface area contributed by atoms with Crippen molar-refractivity contribution in [3.63, 3.8) is 0 Å². The van der Waals surface area contributed by atoms with Crippen LogP contribution in [0.1, 0.15) is 24.1 Å². The predicted molar refractivity (Wildman–Crippen MR) is 82.3 cm³/mol. The van der Waals surface area contributed by atoms with Crippen molar-refractivity contribution < 1.29 is 9.13 Å². The first-order valence-electron chi connectivity index (χ1n) is 6.41. The van der Waals surface area contributed by atoms with E-state index in [1.807, 2.05) is 25.1 Å². The van der Waals surface area contributed by atoms with Crippen molar-refractivity contribution in [2.45, 2.75) is 19.5 Å². The maximum absolute atomic E-state index is 13.7. The molecule has 106 valence electrons. The lowest BCUT2D eigenvalue weighted by Crippen LogP contribution is -2.18.